The molecule has 0 saturated carbocycles. The summed E-state index contributed by atoms with van der Waals surface area (Å²) in [5.41, 5.74) is 11.0. The predicted molar refractivity (Wildman–Crippen MR) is 86.7 cm³/mol. The fraction of sp³-hybridized carbons (Fsp3) is 0.278. The van der Waals surface area contributed by atoms with Gasteiger partial charge in [0.05, 0.1) is 0 Å². The van der Waals surface area contributed by atoms with Crippen molar-refractivity contribution in [2.24, 2.45) is 0 Å². The highest BCUT2D eigenvalue weighted by Crippen LogP contribution is 2.25. The molecule has 3 nitrogen and oxygen atoms in total. The Morgan fingerprint density at radius 2 is 1.95 bits per heavy atom. The summed E-state index contributed by atoms with van der Waals surface area (Å²) in [6, 6.07) is 14.6. The van der Waals surface area contributed by atoms with E-state index in [1.807, 2.05) is 12.1 Å². The lowest BCUT2D eigenvalue weighted by molar-refractivity contribution is 0.101. The Hall–Kier alpha value is -2.29. The topological polar surface area (TPSA) is 55.1 Å². The van der Waals surface area contributed by atoms with Gasteiger partial charge in [0.2, 0.25) is 0 Å². The first-order chi connectivity index (χ1) is 10.1. The number of aryl methyl sites for hydroxylation is 1. The van der Waals surface area contributed by atoms with Crippen molar-refractivity contribution < 1.29 is 4.79 Å². The Labute approximate surface area is 125 Å². The molecular formula is C18H20N2O. The van der Waals surface area contributed by atoms with Crippen LogP contribution in [0.25, 0.3) is 0 Å². The second-order valence-electron chi connectivity index (χ2n) is 5.71. The van der Waals surface area contributed by atoms with Gasteiger partial charge in [-0.2, -0.15) is 0 Å². The van der Waals surface area contributed by atoms with E-state index in [0.717, 1.165) is 24.9 Å². The number of nitrogens with two attached hydrogens (primary N) is 1. The van der Waals surface area contributed by atoms with Gasteiger partial charge in [-0.1, -0.05) is 24.3 Å². The van der Waals surface area contributed by atoms with Gasteiger partial charge in [-0.15, -0.1) is 0 Å². The first kappa shape index (κ1) is 13.7. The van der Waals surface area contributed by atoms with Gasteiger partial charge in [0.15, 0.2) is 5.78 Å². The van der Waals surface area contributed by atoms with E-state index < -0.39 is 0 Å². The SMILES string of the molecule is CC(=O)c1ccc(NC2CCc3ccccc3C2)cc1N. The molecule has 1 unspecified atom stereocenters. The number of anilines is 2. The van der Waals surface area contributed by atoms with E-state index in [1.54, 1.807) is 6.07 Å². The molecule has 21 heavy (non-hydrogen) atoms. The molecule has 0 fully saturated rings. The number of nitrogens with one attached hydrogen (secondary N) is 1. The van der Waals surface area contributed by atoms with Crippen LogP contribution in [-0.2, 0) is 12.8 Å². The minimum atomic E-state index is 0.00523. The van der Waals surface area contributed by atoms with Crippen LogP contribution in [0.1, 0.15) is 34.8 Å². The van der Waals surface area contributed by atoms with Crippen molar-refractivity contribution in [3.8, 4) is 0 Å². The number of Topliss-reactive ketones (excluding diaryl/α,β-unsaturated/α-hetero) is 1. The van der Waals surface area contributed by atoms with E-state index in [9.17, 15) is 4.79 Å². The summed E-state index contributed by atoms with van der Waals surface area (Å²) in [5.74, 6) is 0.00523. The predicted octanol–water partition coefficient (Wildman–Crippen LogP) is 3.44. The average molecular weight is 280 g/mol. The molecule has 1 atom stereocenters. The standard InChI is InChI=1S/C18H20N2O/c1-12(21)17-9-8-16(11-18(17)19)20-15-7-6-13-4-2-3-5-14(13)10-15/h2-5,8-9,11,15,20H,6-7,10,19H2,1H3. The molecule has 0 bridgehead atoms. The minimum absolute atomic E-state index is 0.00523. The van der Waals surface area contributed by atoms with Crippen LogP contribution in [0.15, 0.2) is 42.5 Å². The summed E-state index contributed by atoms with van der Waals surface area (Å²) in [6.07, 6.45) is 3.25. The molecule has 1 aliphatic carbocycles. The zero-order valence-corrected chi connectivity index (χ0v) is 12.2. The monoisotopic (exact) mass is 280 g/mol. The first-order valence-electron chi connectivity index (χ1n) is 7.37. The quantitative estimate of drug-likeness (QED) is 0.669. The maximum atomic E-state index is 11.4. The summed E-state index contributed by atoms with van der Waals surface area (Å²) in [5, 5.41) is 3.54. The van der Waals surface area contributed by atoms with Gasteiger partial charge in [-0.3, -0.25) is 4.79 Å². The summed E-state index contributed by atoms with van der Waals surface area (Å²) < 4.78 is 0. The zero-order chi connectivity index (χ0) is 14.8. The van der Waals surface area contributed by atoms with E-state index in [-0.39, 0.29) is 5.78 Å². The maximum absolute atomic E-state index is 11.4. The minimum Gasteiger partial charge on any atom is -0.398 e. The Bertz CT molecular complexity index is 679. The Morgan fingerprint density at radius 1 is 1.19 bits per heavy atom. The molecule has 0 spiro atoms. The number of ketones is 1. The van der Waals surface area contributed by atoms with Crippen molar-refractivity contribution in [3.63, 3.8) is 0 Å². The van der Waals surface area contributed by atoms with E-state index in [0.29, 0.717) is 17.3 Å². The fourth-order valence-electron chi connectivity index (χ4n) is 3.03. The van der Waals surface area contributed by atoms with Crippen molar-refractivity contribution in [1.82, 2.24) is 0 Å². The lowest BCUT2D eigenvalue weighted by atomic mass is 9.88. The van der Waals surface area contributed by atoms with Gasteiger partial charge >= 0.3 is 0 Å². The van der Waals surface area contributed by atoms with Gasteiger partial charge < -0.3 is 11.1 Å². The number of carbonyl (C=O) groups is 1. The lowest BCUT2D eigenvalue weighted by Crippen LogP contribution is -2.27. The molecule has 2 aromatic carbocycles. The normalized spacial score (nSPS) is 17.1. The molecule has 2 aromatic rings. The van der Waals surface area contributed by atoms with Crippen molar-refractivity contribution >= 4 is 17.2 Å². The van der Waals surface area contributed by atoms with Gasteiger partial charge in [-0.25, -0.2) is 0 Å². The average Bonchev–Trinajstić information content (AvgIpc) is 2.47. The van der Waals surface area contributed by atoms with Crippen LogP contribution in [0.5, 0.6) is 0 Å². The fourth-order valence-corrected chi connectivity index (χ4v) is 3.03. The molecule has 0 amide bonds. The molecule has 0 heterocycles. The number of hydrogen-bond acceptors (Lipinski definition) is 3. The largest absolute Gasteiger partial charge is 0.398 e. The Morgan fingerprint density at radius 3 is 2.67 bits per heavy atom. The Balaban J connectivity index is 1.73. The molecule has 0 aliphatic heterocycles. The second-order valence-corrected chi connectivity index (χ2v) is 5.71. The molecular weight excluding hydrogens is 260 g/mol. The van der Waals surface area contributed by atoms with Gasteiger partial charge in [0, 0.05) is 23.0 Å². The number of nitrogen functional groups attached to an aromatic ring is 1. The summed E-state index contributed by atoms with van der Waals surface area (Å²) in [4.78, 5) is 11.4. The molecule has 3 heteroatoms. The van der Waals surface area contributed by atoms with E-state index in [4.69, 9.17) is 5.73 Å². The maximum Gasteiger partial charge on any atom is 0.161 e. The highest BCUT2D eigenvalue weighted by atomic mass is 16.1. The van der Waals surface area contributed by atoms with Crippen molar-refractivity contribution in [2.75, 3.05) is 11.1 Å². The number of rotatable bonds is 3. The lowest BCUT2D eigenvalue weighted by Gasteiger charge is -2.26. The summed E-state index contributed by atoms with van der Waals surface area (Å²) in [7, 11) is 0. The van der Waals surface area contributed by atoms with Crippen LogP contribution in [0.4, 0.5) is 11.4 Å². The molecule has 3 N–H and O–H groups in total. The van der Waals surface area contributed by atoms with Gasteiger partial charge in [-0.05, 0) is 55.5 Å². The number of hydrogen-bond donors (Lipinski definition) is 2. The van der Waals surface area contributed by atoms with Crippen LogP contribution >= 0.6 is 0 Å². The van der Waals surface area contributed by atoms with Gasteiger partial charge in [0.25, 0.3) is 0 Å². The van der Waals surface area contributed by atoms with Crippen LogP contribution in [0.3, 0.4) is 0 Å². The number of carbonyl (C=O) groups excluding carboxylic acids is 1. The number of fused-ring (bicyclic) bond motifs is 1. The third kappa shape index (κ3) is 2.92. The third-order valence-electron chi connectivity index (χ3n) is 4.15. The highest BCUT2D eigenvalue weighted by Gasteiger charge is 2.18. The molecule has 0 aromatic heterocycles. The van der Waals surface area contributed by atoms with Crippen molar-refractivity contribution in [3.05, 3.63) is 59.2 Å². The first-order valence-corrected chi connectivity index (χ1v) is 7.37. The Kier molecular flexibility index (Phi) is 3.65. The molecule has 108 valence electrons. The molecule has 0 radical (unpaired) electrons. The third-order valence-corrected chi connectivity index (χ3v) is 4.15. The summed E-state index contributed by atoms with van der Waals surface area (Å²) in [6.45, 7) is 1.54. The zero-order valence-electron chi connectivity index (χ0n) is 12.2. The van der Waals surface area contributed by atoms with Crippen LogP contribution in [0.2, 0.25) is 0 Å². The molecule has 3 rings (SSSR count). The van der Waals surface area contributed by atoms with Gasteiger partial charge in [0.1, 0.15) is 0 Å². The molecule has 1 aliphatic rings. The van der Waals surface area contributed by atoms with E-state index in [1.165, 1.54) is 18.1 Å². The van der Waals surface area contributed by atoms with E-state index in [2.05, 4.69) is 29.6 Å². The highest BCUT2D eigenvalue weighted by molar-refractivity contribution is 5.99. The molecule has 0 saturated heterocycles. The second kappa shape index (κ2) is 5.60. The summed E-state index contributed by atoms with van der Waals surface area (Å²) >= 11 is 0. The van der Waals surface area contributed by atoms with Crippen molar-refractivity contribution in [1.29, 1.82) is 0 Å². The van der Waals surface area contributed by atoms with Crippen molar-refractivity contribution in [2.45, 2.75) is 32.2 Å². The number of benzene rings is 2. The van der Waals surface area contributed by atoms with E-state index >= 15 is 0 Å². The van der Waals surface area contributed by atoms with Crippen LogP contribution in [0, 0.1) is 0 Å². The van der Waals surface area contributed by atoms with Crippen LogP contribution in [-0.4, -0.2) is 11.8 Å². The van der Waals surface area contributed by atoms with Crippen LogP contribution < -0.4 is 11.1 Å². The smallest absolute Gasteiger partial charge is 0.161 e.